The number of methoxy groups -OCH3 is 1. The van der Waals surface area contributed by atoms with Gasteiger partial charge in [-0.25, -0.2) is 0 Å². The van der Waals surface area contributed by atoms with E-state index < -0.39 is 0 Å². The summed E-state index contributed by atoms with van der Waals surface area (Å²) in [5.41, 5.74) is 0. The van der Waals surface area contributed by atoms with Gasteiger partial charge in [-0.15, -0.1) is 0 Å². The Kier molecular flexibility index (Phi) is 2.32. The van der Waals surface area contributed by atoms with E-state index in [2.05, 4.69) is 0 Å². The minimum absolute atomic E-state index is 0.0583. The molecule has 76 valence electrons. The molecule has 2 rings (SSSR count). The Hall–Kier alpha value is -1.62. The van der Waals surface area contributed by atoms with E-state index in [0.717, 1.165) is 0 Å². The number of rotatable bonds is 3. The van der Waals surface area contributed by atoms with Gasteiger partial charge in [0, 0.05) is 7.11 Å². The maximum atomic E-state index is 9.65. The van der Waals surface area contributed by atoms with Gasteiger partial charge in [-0.2, -0.15) is 0 Å². The first kappa shape index (κ1) is 8.96. The topological polar surface area (TPSA) is 57.2 Å². The highest BCUT2D eigenvalue weighted by Gasteiger charge is 2.21. The molecule has 0 spiro atoms. The fourth-order valence-corrected chi connectivity index (χ4v) is 1.18. The Balaban J connectivity index is 2.26. The van der Waals surface area contributed by atoms with Crippen LogP contribution in [0.3, 0.4) is 0 Å². The van der Waals surface area contributed by atoms with E-state index in [0.29, 0.717) is 17.2 Å². The Morgan fingerprint density at radius 3 is 3.07 bits per heavy atom. The summed E-state index contributed by atoms with van der Waals surface area (Å²) < 4.78 is 19.9. The van der Waals surface area contributed by atoms with Crippen LogP contribution in [-0.2, 0) is 4.74 Å². The van der Waals surface area contributed by atoms with Crippen molar-refractivity contribution in [3.05, 3.63) is 12.1 Å². The van der Waals surface area contributed by atoms with Gasteiger partial charge in [0.05, 0.1) is 0 Å². The van der Waals surface area contributed by atoms with E-state index in [1.165, 1.54) is 7.11 Å². The third-order valence-electron chi connectivity index (χ3n) is 1.81. The van der Waals surface area contributed by atoms with E-state index in [9.17, 15) is 5.11 Å². The second-order valence-electron chi connectivity index (χ2n) is 2.70. The third-order valence-corrected chi connectivity index (χ3v) is 1.81. The molecule has 14 heavy (non-hydrogen) atoms. The minimum Gasteiger partial charge on any atom is -0.502 e. The fraction of sp³-hybridized carbons (Fsp3) is 0.333. The van der Waals surface area contributed by atoms with Crippen LogP contribution in [-0.4, -0.2) is 25.8 Å². The quantitative estimate of drug-likeness (QED) is 0.737. The van der Waals surface area contributed by atoms with Crippen molar-refractivity contribution < 1.29 is 24.1 Å². The molecule has 1 heterocycles. The van der Waals surface area contributed by atoms with Gasteiger partial charge in [0.25, 0.3) is 0 Å². The zero-order valence-electron chi connectivity index (χ0n) is 7.65. The minimum atomic E-state index is -0.0583. The molecule has 0 unspecified atom stereocenters. The summed E-state index contributed by atoms with van der Waals surface area (Å²) in [6, 6.07) is 3.27. The molecule has 0 radical (unpaired) electrons. The van der Waals surface area contributed by atoms with Crippen molar-refractivity contribution in [1.29, 1.82) is 0 Å². The maximum Gasteiger partial charge on any atom is 0.231 e. The molecule has 0 bridgehead atoms. The Labute approximate surface area is 80.8 Å². The maximum absolute atomic E-state index is 9.65. The summed E-state index contributed by atoms with van der Waals surface area (Å²) in [5.74, 6) is 1.10. The smallest absolute Gasteiger partial charge is 0.231 e. The van der Waals surface area contributed by atoms with Gasteiger partial charge in [0.2, 0.25) is 18.3 Å². The predicted molar refractivity (Wildman–Crippen MR) is 46.7 cm³/mol. The average Bonchev–Trinajstić information content (AvgIpc) is 2.66. The fourth-order valence-electron chi connectivity index (χ4n) is 1.18. The number of ether oxygens (including phenoxy) is 4. The van der Waals surface area contributed by atoms with Crippen LogP contribution in [0.4, 0.5) is 0 Å². The van der Waals surface area contributed by atoms with Crippen molar-refractivity contribution in [3.63, 3.8) is 0 Å². The van der Waals surface area contributed by atoms with Crippen molar-refractivity contribution in [1.82, 2.24) is 0 Å². The normalized spacial score (nSPS) is 12.9. The SMILES string of the molecule is COCOc1ccc2c(c1O)OCO2. The zero-order valence-corrected chi connectivity index (χ0v) is 7.65. The van der Waals surface area contributed by atoms with Gasteiger partial charge in [-0.05, 0) is 12.1 Å². The number of hydrogen-bond acceptors (Lipinski definition) is 5. The third kappa shape index (κ3) is 1.42. The van der Waals surface area contributed by atoms with Crippen LogP contribution in [0.2, 0.25) is 0 Å². The second-order valence-corrected chi connectivity index (χ2v) is 2.70. The molecular formula is C9H10O5. The monoisotopic (exact) mass is 198 g/mol. The summed E-state index contributed by atoms with van der Waals surface area (Å²) in [6.07, 6.45) is 0. The molecule has 5 nitrogen and oxygen atoms in total. The number of benzene rings is 1. The molecule has 0 saturated carbocycles. The van der Waals surface area contributed by atoms with Gasteiger partial charge in [0.1, 0.15) is 0 Å². The lowest BCUT2D eigenvalue weighted by Gasteiger charge is -2.07. The van der Waals surface area contributed by atoms with Gasteiger partial charge in [-0.1, -0.05) is 0 Å². The standard InChI is InChI=1S/C9H10O5/c1-11-4-12-6-2-3-7-9(8(6)10)14-5-13-7/h2-3,10H,4-5H2,1H3. The van der Waals surface area contributed by atoms with Crippen molar-refractivity contribution in [3.8, 4) is 23.0 Å². The molecule has 1 aliphatic heterocycles. The van der Waals surface area contributed by atoms with Crippen molar-refractivity contribution >= 4 is 0 Å². The summed E-state index contributed by atoms with van der Waals surface area (Å²) in [4.78, 5) is 0. The molecule has 0 amide bonds. The highest BCUT2D eigenvalue weighted by Crippen LogP contribution is 2.45. The molecule has 1 aromatic rings. The van der Waals surface area contributed by atoms with Crippen molar-refractivity contribution in [2.45, 2.75) is 0 Å². The van der Waals surface area contributed by atoms with Crippen LogP contribution in [0, 0.1) is 0 Å². The molecule has 0 fully saturated rings. The first-order valence-electron chi connectivity index (χ1n) is 4.06. The first-order chi connectivity index (χ1) is 6.83. The van der Waals surface area contributed by atoms with Gasteiger partial charge >= 0.3 is 0 Å². The molecule has 0 aliphatic carbocycles. The van der Waals surface area contributed by atoms with Crippen LogP contribution >= 0.6 is 0 Å². The number of phenols is 1. The van der Waals surface area contributed by atoms with Crippen LogP contribution in [0.15, 0.2) is 12.1 Å². The number of phenolic OH excluding ortho intramolecular Hbond substituents is 1. The largest absolute Gasteiger partial charge is 0.502 e. The molecule has 1 aliphatic rings. The Morgan fingerprint density at radius 1 is 1.43 bits per heavy atom. The van der Waals surface area contributed by atoms with Crippen molar-refractivity contribution in [2.24, 2.45) is 0 Å². The van der Waals surface area contributed by atoms with E-state index in [1.807, 2.05) is 0 Å². The van der Waals surface area contributed by atoms with E-state index in [1.54, 1.807) is 12.1 Å². The van der Waals surface area contributed by atoms with Crippen LogP contribution in [0.5, 0.6) is 23.0 Å². The van der Waals surface area contributed by atoms with Crippen molar-refractivity contribution in [2.75, 3.05) is 20.7 Å². The first-order valence-corrected chi connectivity index (χ1v) is 4.06. The molecule has 0 aromatic heterocycles. The van der Waals surface area contributed by atoms with Gasteiger partial charge < -0.3 is 24.1 Å². The lowest BCUT2D eigenvalue weighted by atomic mass is 10.3. The summed E-state index contributed by atoms with van der Waals surface area (Å²) >= 11 is 0. The van der Waals surface area contributed by atoms with Crippen LogP contribution in [0.1, 0.15) is 0 Å². The number of hydrogen-bond donors (Lipinski definition) is 1. The molecule has 1 aromatic carbocycles. The van der Waals surface area contributed by atoms with Gasteiger partial charge in [0.15, 0.2) is 18.3 Å². The second kappa shape index (κ2) is 3.63. The average molecular weight is 198 g/mol. The van der Waals surface area contributed by atoms with E-state index in [-0.39, 0.29) is 19.3 Å². The Bertz CT molecular complexity index is 336. The van der Waals surface area contributed by atoms with E-state index >= 15 is 0 Å². The number of aromatic hydroxyl groups is 1. The lowest BCUT2D eigenvalue weighted by molar-refractivity contribution is 0.0489. The Morgan fingerprint density at radius 2 is 2.29 bits per heavy atom. The molecule has 0 saturated heterocycles. The van der Waals surface area contributed by atoms with Crippen LogP contribution in [0.25, 0.3) is 0 Å². The highest BCUT2D eigenvalue weighted by molar-refractivity contribution is 5.59. The van der Waals surface area contributed by atoms with Gasteiger partial charge in [-0.3, -0.25) is 0 Å². The van der Waals surface area contributed by atoms with Crippen LogP contribution < -0.4 is 14.2 Å². The highest BCUT2D eigenvalue weighted by atomic mass is 16.7. The summed E-state index contributed by atoms with van der Waals surface area (Å²) in [6.45, 7) is 0.198. The summed E-state index contributed by atoms with van der Waals surface area (Å²) in [7, 11) is 1.50. The predicted octanol–water partition coefficient (Wildman–Crippen LogP) is 1.10. The summed E-state index contributed by atoms with van der Waals surface area (Å²) in [5, 5.41) is 9.65. The molecule has 0 atom stereocenters. The molecule has 5 heteroatoms. The lowest BCUT2D eigenvalue weighted by Crippen LogP contribution is -1.99. The number of fused-ring (bicyclic) bond motifs is 1. The van der Waals surface area contributed by atoms with E-state index in [4.69, 9.17) is 18.9 Å². The molecule has 1 N–H and O–H groups in total. The molecular weight excluding hydrogens is 188 g/mol. The zero-order chi connectivity index (χ0) is 9.97.